The van der Waals surface area contributed by atoms with Gasteiger partial charge in [-0.05, 0) is 149 Å². The van der Waals surface area contributed by atoms with Crippen molar-refractivity contribution in [2.24, 2.45) is 0 Å². The van der Waals surface area contributed by atoms with E-state index >= 15 is 0 Å². The number of benzene rings is 3. The first kappa shape index (κ1) is 30.6. The molecule has 2 aliphatic heterocycles. The Bertz CT molecular complexity index is 1520. The highest BCUT2D eigenvalue weighted by Crippen LogP contribution is 2.42. The number of methoxy groups -OCH3 is 1. The zero-order valence-electron chi connectivity index (χ0n) is 26.8. The highest BCUT2D eigenvalue weighted by molar-refractivity contribution is 7.22. The zero-order valence-corrected chi connectivity index (χ0v) is 27.7. The summed E-state index contributed by atoms with van der Waals surface area (Å²) in [6, 6.07) is 24.6. The van der Waals surface area contributed by atoms with Crippen LogP contribution in [0.2, 0.25) is 0 Å². The molecule has 1 saturated carbocycles. The molecular weight excluding hydrogens is 577 g/mol. The first-order chi connectivity index (χ1) is 22.2. The van der Waals surface area contributed by atoms with Crippen LogP contribution in [-0.2, 0) is 6.42 Å². The number of hydrogen-bond acceptors (Lipinski definition) is 6. The van der Waals surface area contributed by atoms with Gasteiger partial charge in [-0.3, -0.25) is 9.80 Å². The predicted molar refractivity (Wildman–Crippen MR) is 186 cm³/mol. The molecule has 3 aromatic carbocycles. The smallest absolute Gasteiger partial charge is 0.119 e. The maximum atomic E-state index is 6.70. The summed E-state index contributed by atoms with van der Waals surface area (Å²) in [4.78, 5) is 6.52. The number of hydrogen-bond donors (Lipinski definition) is 0. The lowest BCUT2D eigenvalue weighted by Gasteiger charge is -2.41. The standard InChI is InChI=1S/C39H48N2O3S/c1-42-33-19-20-38-34(28-33)35(39(45-38)30-13-17-31(18-14-30)43-26-25-40-21-7-8-22-40)27-29-11-15-32(16-12-29)44-37-10-4-3-9-36(37)41-23-5-2-6-24-41/h11-20,28,36-37H,2-10,21-27H2,1H3. The average molecular weight is 625 g/mol. The normalized spacial score (nSPS) is 21.3. The summed E-state index contributed by atoms with van der Waals surface area (Å²) in [5, 5.41) is 1.27. The molecule has 3 heterocycles. The maximum absolute atomic E-state index is 6.70. The molecule has 0 N–H and O–H groups in total. The van der Waals surface area contributed by atoms with E-state index in [1.165, 1.54) is 109 Å². The van der Waals surface area contributed by atoms with E-state index in [0.717, 1.165) is 43.2 Å². The molecule has 238 valence electrons. The molecule has 1 aliphatic carbocycles. The quantitative estimate of drug-likeness (QED) is 0.167. The molecule has 3 aliphatic rings. The molecule has 2 saturated heterocycles. The van der Waals surface area contributed by atoms with Gasteiger partial charge < -0.3 is 14.2 Å². The lowest BCUT2D eigenvalue weighted by molar-refractivity contribution is 0.0261. The third-order valence-corrected chi connectivity index (χ3v) is 11.4. The van der Waals surface area contributed by atoms with Crippen molar-refractivity contribution in [2.45, 2.75) is 76.4 Å². The summed E-state index contributed by atoms with van der Waals surface area (Å²) in [6.07, 6.45) is 12.9. The lowest BCUT2D eigenvalue weighted by Crippen LogP contribution is -2.49. The van der Waals surface area contributed by atoms with Crippen molar-refractivity contribution in [1.29, 1.82) is 0 Å². The minimum atomic E-state index is 0.301. The van der Waals surface area contributed by atoms with Crippen molar-refractivity contribution >= 4 is 21.4 Å². The molecule has 0 radical (unpaired) electrons. The van der Waals surface area contributed by atoms with Crippen LogP contribution < -0.4 is 14.2 Å². The highest BCUT2D eigenvalue weighted by Gasteiger charge is 2.32. The molecule has 7 rings (SSSR count). The van der Waals surface area contributed by atoms with E-state index in [-0.39, 0.29) is 0 Å². The van der Waals surface area contributed by atoms with Crippen LogP contribution in [0.1, 0.15) is 68.9 Å². The Morgan fingerprint density at radius 2 is 1.44 bits per heavy atom. The minimum absolute atomic E-state index is 0.301. The van der Waals surface area contributed by atoms with Crippen LogP contribution in [0.4, 0.5) is 0 Å². The molecule has 2 unspecified atom stereocenters. The van der Waals surface area contributed by atoms with Gasteiger partial charge in [-0.25, -0.2) is 0 Å². The number of ether oxygens (including phenoxy) is 3. The van der Waals surface area contributed by atoms with E-state index in [1.807, 2.05) is 11.3 Å². The van der Waals surface area contributed by atoms with Gasteiger partial charge in [-0.1, -0.05) is 25.0 Å². The van der Waals surface area contributed by atoms with Crippen molar-refractivity contribution < 1.29 is 14.2 Å². The summed E-state index contributed by atoms with van der Waals surface area (Å²) in [5.41, 5.74) is 3.88. The molecule has 3 fully saturated rings. The van der Waals surface area contributed by atoms with Crippen LogP contribution in [0.3, 0.4) is 0 Å². The highest BCUT2D eigenvalue weighted by atomic mass is 32.1. The van der Waals surface area contributed by atoms with E-state index in [4.69, 9.17) is 14.2 Å². The third kappa shape index (κ3) is 7.34. The van der Waals surface area contributed by atoms with E-state index in [9.17, 15) is 0 Å². The van der Waals surface area contributed by atoms with E-state index < -0.39 is 0 Å². The number of fused-ring (bicyclic) bond motifs is 1. The predicted octanol–water partition coefficient (Wildman–Crippen LogP) is 8.82. The van der Waals surface area contributed by atoms with E-state index in [0.29, 0.717) is 12.1 Å². The Labute approximate surface area is 273 Å². The topological polar surface area (TPSA) is 34.2 Å². The third-order valence-electron chi connectivity index (χ3n) is 10.1. The van der Waals surface area contributed by atoms with Gasteiger partial charge in [0.1, 0.15) is 30.0 Å². The molecular formula is C39H48N2O3S. The van der Waals surface area contributed by atoms with Gasteiger partial charge in [-0.2, -0.15) is 0 Å². The molecule has 0 amide bonds. The SMILES string of the molecule is COc1ccc2sc(-c3ccc(OCCN4CCCC4)cc3)c(Cc3ccc(OC4CCCCC4N4CCCCC4)cc3)c2c1. The average Bonchev–Trinajstić information content (AvgIpc) is 3.74. The molecule has 5 nitrogen and oxygen atoms in total. The Kier molecular flexibility index (Phi) is 9.91. The van der Waals surface area contributed by atoms with Crippen LogP contribution >= 0.6 is 11.3 Å². The van der Waals surface area contributed by atoms with Crippen LogP contribution in [0, 0.1) is 0 Å². The second-order valence-corrected chi connectivity index (χ2v) is 14.2. The fourth-order valence-electron chi connectivity index (χ4n) is 7.61. The molecule has 4 aromatic rings. The van der Waals surface area contributed by atoms with E-state index in [1.54, 1.807) is 7.11 Å². The van der Waals surface area contributed by atoms with Gasteiger partial charge in [0, 0.05) is 27.5 Å². The van der Waals surface area contributed by atoms with Crippen molar-refractivity contribution in [3.8, 4) is 27.7 Å². The molecule has 1 aromatic heterocycles. The van der Waals surface area contributed by atoms with Crippen molar-refractivity contribution in [3.63, 3.8) is 0 Å². The van der Waals surface area contributed by atoms with Gasteiger partial charge in [0.05, 0.1) is 7.11 Å². The summed E-state index contributed by atoms with van der Waals surface area (Å²) in [7, 11) is 1.75. The Morgan fingerprint density at radius 1 is 0.733 bits per heavy atom. The summed E-state index contributed by atoms with van der Waals surface area (Å²) < 4.78 is 19.7. The Balaban J connectivity index is 1.08. The molecule has 0 bridgehead atoms. The van der Waals surface area contributed by atoms with Gasteiger partial charge in [0.2, 0.25) is 0 Å². The number of piperidine rings is 1. The minimum Gasteiger partial charge on any atom is -0.497 e. The van der Waals surface area contributed by atoms with E-state index in [2.05, 4.69) is 76.5 Å². The molecule has 6 heteroatoms. The van der Waals surface area contributed by atoms with Crippen molar-refractivity contribution in [1.82, 2.24) is 9.80 Å². The molecule has 0 spiro atoms. The van der Waals surface area contributed by atoms with Gasteiger partial charge in [0.15, 0.2) is 0 Å². The molecule has 45 heavy (non-hydrogen) atoms. The second-order valence-electron chi connectivity index (χ2n) is 13.1. The summed E-state index contributed by atoms with van der Waals surface area (Å²) >= 11 is 1.86. The first-order valence-corrected chi connectivity index (χ1v) is 18.1. The Hall–Kier alpha value is -3.06. The number of likely N-dealkylation sites (tertiary alicyclic amines) is 2. The summed E-state index contributed by atoms with van der Waals surface area (Å²) in [5.74, 6) is 2.85. The van der Waals surface area contributed by atoms with Crippen molar-refractivity contribution in [3.05, 3.63) is 77.9 Å². The zero-order chi connectivity index (χ0) is 30.4. The maximum Gasteiger partial charge on any atom is 0.119 e. The largest absolute Gasteiger partial charge is 0.497 e. The van der Waals surface area contributed by atoms with Crippen LogP contribution in [0.15, 0.2) is 66.7 Å². The summed E-state index contributed by atoms with van der Waals surface area (Å²) in [6.45, 7) is 6.63. The fraction of sp³-hybridized carbons (Fsp3) is 0.487. The molecule has 2 atom stereocenters. The second kappa shape index (κ2) is 14.6. The first-order valence-electron chi connectivity index (χ1n) is 17.3. The van der Waals surface area contributed by atoms with Gasteiger partial charge in [0.25, 0.3) is 0 Å². The van der Waals surface area contributed by atoms with Crippen LogP contribution in [0.25, 0.3) is 20.5 Å². The van der Waals surface area contributed by atoms with Crippen molar-refractivity contribution in [2.75, 3.05) is 46.4 Å². The number of thiophene rings is 1. The Morgan fingerprint density at radius 3 is 2.22 bits per heavy atom. The number of nitrogens with zero attached hydrogens (tertiary/aromatic N) is 2. The van der Waals surface area contributed by atoms with Crippen LogP contribution in [0.5, 0.6) is 17.2 Å². The van der Waals surface area contributed by atoms with Crippen LogP contribution in [-0.4, -0.2) is 68.4 Å². The fourth-order valence-corrected chi connectivity index (χ4v) is 8.82. The van der Waals surface area contributed by atoms with Gasteiger partial charge >= 0.3 is 0 Å². The lowest BCUT2D eigenvalue weighted by atomic mass is 9.90. The monoisotopic (exact) mass is 624 g/mol. The number of rotatable bonds is 11. The van der Waals surface area contributed by atoms with Gasteiger partial charge in [-0.15, -0.1) is 11.3 Å².